The summed E-state index contributed by atoms with van der Waals surface area (Å²) in [5.74, 6) is 0. The van der Waals surface area contributed by atoms with Crippen LogP contribution in [0.2, 0.25) is 0 Å². The van der Waals surface area contributed by atoms with Crippen molar-refractivity contribution >= 4 is 6.29 Å². The van der Waals surface area contributed by atoms with E-state index in [1.54, 1.807) is 0 Å². The quantitative estimate of drug-likeness (QED) is 0.514. The molecule has 0 aliphatic carbocycles. The van der Waals surface area contributed by atoms with Crippen LogP contribution in [-0.4, -0.2) is 56.2 Å². The van der Waals surface area contributed by atoms with Gasteiger partial charge in [-0.05, 0) is 0 Å². The van der Waals surface area contributed by atoms with Crippen LogP contribution in [0.5, 0.6) is 0 Å². The van der Waals surface area contributed by atoms with Crippen molar-refractivity contribution in [3.8, 4) is 0 Å². The van der Waals surface area contributed by atoms with Crippen LogP contribution in [-0.2, 0) is 14.3 Å². The van der Waals surface area contributed by atoms with Gasteiger partial charge in [-0.1, -0.05) is 0 Å². The second kappa shape index (κ2) is 3.51. The summed E-state index contributed by atoms with van der Waals surface area (Å²) < 4.78 is 10.9. The Morgan fingerprint density at radius 3 is 2.58 bits per heavy atom. The van der Waals surface area contributed by atoms with Crippen molar-refractivity contribution in [1.29, 1.82) is 0 Å². The lowest BCUT2D eigenvalue weighted by molar-refractivity contribution is -0.178. The maximum atomic E-state index is 10.3. The molecule has 2 fully saturated rings. The molecule has 0 radical (unpaired) electrons. The molecule has 0 spiro atoms. The summed E-state index contributed by atoms with van der Waals surface area (Å²) >= 11 is 0. The minimum Gasteiger partial charge on any atom is -0.376 e. The second-order valence-corrected chi connectivity index (χ2v) is 3.30. The fourth-order valence-corrected chi connectivity index (χ4v) is 1.78. The van der Waals surface area contributed by atoms with Crippen molar-refractivity contribution in [2.45, 2.75) is 12.2 Å². The summed E-state index contributed by atoms with van der Waals surface area (Å²) in [6.07, 6.45) is 1.30. The number of hydrogen-bond donors (Lipinski definition) is 0. The zero-order valence-corrected chi connectivity index (χ0v) is 6.94. The third-order valence-electron chi connectivity index (χ3n) is 2.25. The lowest BCUT2D eigenvalue weighted by Crippen LogP contribution is -2.54. The molecule has 2 aliphatic rings. The van der Waals surface area contributed by atoms with Crippen molar-refractivity contribution in [2.75, 3.05) is 32.8 Å². The van der Waals surface area contributed by atoms with E-state index >= 15 is 0 Å². The molecule has 2 aliphatic heterocycles. The van der Waals surface area contributed by atoms with Crippen LogP contribution in [0, 0.1) is 0 Å². The third kappa shape index (κ3) is 1.65. The highest BCUT2D eigenvalue weighted by atomic mass is 16.6. The predicted molar refractivity (Wildman–Crippen MR) is 42.0 cm³/mol. The Morgan fingerprint density at radius 1 is 1.33 bits per heavy atom. The maximum absolute atomic E-state index is 10.3. The first-order valence-corrected chi connectivity index (χ1v) is 4.27. The first-order valence-electron chi connectivity index (χ1n) is 4.27. The van der Waals surface area contributed by atoms with E-state index in [1.165, 1.54) is 0 Å². The van der Waals surface area contributed by atoms with Gasteiger partial charge < -0.3 is 14.3 Å². The van der Waals surface area contributed by atoms with Crippen molar-refractivity contribution < 1.29 is 14.3 Å². The van der Waals surface area contributed by atoms with E-state index in [4.69, 9.17) is 9.47 Å². The van der Waals surface area contributed by atoms with Crippen LogP contribution < -0.4 is 0 Å². The fraction of sp³-hybridized carbons (Fsp3) is 0.875. The van der Waals surface area contributed by atoms with Gasteiger partial charge in [0.1, 0.15) is 6.29 Å². The van der Waals surface area contributed by atoms with Crippen LogP contribution in [0.4, 0.5) is 0 Å². The Hall–Kier alpha value is -0.450. The standard InChI is InChI=1S/C8H13NO3/c10-2-1-9-3-7-5-11-6-8(4-9)12-7/h2,7-8H,1,3-6H2. The topological polar surface area (TPSA) is 38.8 Å². The van der Waals surface area contributed by atoms with E-state index in [0.29, 0.717) is 19.8 Å². The molecule has 2 bridgehead atoms. The smallest absolute Gasteiger partial charge is 0.133 e. The number of rotatable bonds is 2. The molecule has 4 heteroatoms. The number of carbonyl (C=O) groups is 1. The highest BCUT2D eigenvalue weighted by Crippen LogP contribution is 2.15. The van der Waals surface area contributed by atoms with Gasteiger partial charge in [-0.25, -0.2) is 0 Å². The maximum Gasteiger partial charge on any atom is 0.133 e. The number of hydrogen-bond acceptors (Lipinski definition) is 4. The van der Waals surface area contributed by atoms with Crippen LogP contribution in [0.1, 0.15) is 0 Å². The van der Waals surface area contributed by atoms with Crippen molar-refractivity contribution in [3.63, 3.8) is 0 Å². The Balaban J connectivity index is 1.91. The molecule has 0 aromatic heterocycles. The molecular formula is C8H13NO3. The summed E-state index contributed by atoms with van der Waals surface area (Å²) in [5, 5.41) is 0. The van der Waals surface area contributed by atoms with E-state index in [-0.39, 0.29) is 12.2 Å². The molecule has 4 nitrogen and oxygen atoms in total. The van der Waals surface area contributed by atoms with Crippen molar-refractivity contribution in [3.05, 3.63) is 0 Å². The van der Waals surface area contributed by atoms with Crippen molar-refractivity contribution in [2.24, 2.45) is 0 Å². The molecule has 0 N–H and O–H groups in total. The SMILES string of the molecule is O=CCN1CC2COCC(C1)O2. The van der Waals surface area contributed by atoms with E-state index < -0.39 is 0 Å². The Bertz CT molecular complexity index is 162. The van der Waals surface area contributed by atoms with Crippen LogP contribution in [0.3, 0.4) is 0 Å². The Kier molecular flexibility index (Phi) is 2.39. The normalized spacial score (nSPS) is 36.3. The van der Waals surface area contributed by atoms with Crippen LogP contribution >= 0.6 is 0 Å². The monoisotopic (exact) mass is 171 g/mol. The molecule has 2 unspecified atom stereocenters. The number of nitrogens with zero attached hydrogens (tertiary/aromatic N) is 1. The first-order chi connectivity index (χ1) is 5.88. The largest absolute Gasteiger partial charge is 0.376 e. The van der Waals surface area contributed by atoms with Gasteiger partial charge in [-0.2, -0.15) is 0 Å². The summed E-state index contributed by atoms with van der Waals surface area (Å²) in [6.45, 7) is 3.53. The summed E-state index contributed by atoms with van der Waals surface area (Å²) in [6, 6.07) is 0. The van der Waals surface area contributed by atoms with Gasteiger partial charge in [-0.3, -0.25) is 4.90 Å². The van der Waals surface area contributed by atoms with E-state index in [0.717, 1.165) is 19.4 Å². The highest BCUT2D eigenvalue weighted by molar-refractivity contribution is 5.52. The summed E-state index contributed by atoms with van der Waals surface area (Å²) in [4.78, 5) is 12.4. The highest BCUT2D eigenvalue weighted by Gasteiger charge is 2.31. The van der Waals surface area contributed by atoms with E-state index in [1.807, 2.05) is 0 Å². The van der Waals surface area contributed by atoms with Gasteiger partial charge in [0.15, 0.2) is 0 Å². The van der Waals surface area contributed by atoms with Gasteiger partial charge in [-0.15, -0.1) is 0 Å². The molecular weight excluding hydrogens is 158 g/mol. The zero-order chi connectivity index (χ0) is 8.39. The van der Waals surface area contributed by atoms with Gasteiger partial charge in [0.05, 0.1) is 32.0 Å². The minimum absolute atomic E-state index is 0.178. The van der Waals surface area contributed by atoms with Crippen molar-refractivity contribution in [1.82, 2.24) is 4.90 Å². The second-order valence-electron chi connectivity index (χ2n) is 3.30. The molecule has 2 atom stereocenters. The number of fused-ring (bicyclic) bond motifs is 2. The van der Waals surface area contributed by atoms with Gasteiger partial charge in [0.25, 0.3) is 0 Å². The Morgan fingerprint density at radius 2 is 2.00 bits per heavy atom. The molecule has 12 heavy (non-hydrogen) atoms. The third-order valence-corrected chi connectivity index (χ3v) is 2.25. The predicted octanol–water partition coefficient (Wildman–Crippen LogP) is -0.715. The lowest BCUT2D eigenvalue weighted by atomic mass is 10.2. The summed E-state index contributed by atoms with van der Waals surface area (Å²) in [5.41, 5.74) is 0. The lowest BCUT2D eigenvalue weighted by Gasteiger charge is -2.40. The number of aldehydes is 1. The van der Waals surface area contributed by atoms with Gasteiger partial charge in [0, 0.05) is 13.1 Å². The number of ether oxygens (including phenoxy) is 2. The molecule has 0 amide bonds. The van der Waals surface area contributed by atoms with E-state index in [9.17, 15) is 4.79 Å². The minimum atomic E-state index is 0.178. The molecule has 2 rings (SSSR count). The average molecular weight is 171 g/mol. The molecule has 0 saturated carbocycles. The van der Waals surface area contributed by atoms with E-state index in [2.05, 4.69) is 4.90 Å². The van der Waals surface area contributed by atoms with Gasteiger partial charge in [0.2, 0.25) is 0 Å². The van der Waals surface area contributed by atoms with Crippen LogP contribution in [0.25, 0.3) is 0 Å². The number of carbonyl (C=O) groups excluding carboxylic acids is 1. The molecule has 2 heterocycles. The fourth-order valence-electron chi connectivity index (χ4n) is 1.78. The van der Waals surface area contributed by atoms with Gasteiger partial charge >= 0.3 is 0 Å². The molecule has 0 aromatic rings. The summed E-state index contributed by atoms with van der Waals surface area (Å²) in [7, 11) is 0. The van der Waals surface area contributed by atoms with Crippen LogP contribution in [0.15, 0.2) is 0 Å². The molecule has 68 valence electrons. The molecule has 0 aromatic carbocycles. The molecule has 2 saturated heterocycles. The average Bonchev–Trinajstić information content (AvgIpc) is 2.04. The first kappa shape index (κ1) is 8.16. The Labute approximate surface area is 71.4 Å². The number of morpholine rings is 1. The zero-order valence-electron chi connectivity index (χ0n) is 6.94.